The minimum Gasteiger partial charge on any atom is -0.497 e. The number of aromatic nitrogens is 4. The van der Waals surface area contributed by atoms with Gasteiger partial charge in [0.1, 0.15) is 17.2 Å². The van der Waals surface area contributed by atoms with Crippen molar-refractivity contribution in [2.24, 2.45) is 0 Å². The van der Waals surface area contributed by atoms with Crippen LogP contribution in [0.5, 0.6) is 11.5 Å². The second-order valence-electron chi connectivity index (χ2n) is 5.98. The number of nitrogens with zero attached hydrogens (tertiary/aromatic N) is 3. The molecule has 0 unspecified atom stereocenters. The van der Waals surface area contributed by atoms with E-state index in [4.69, 9.17) is 9.47 Å². The Labute approximate surface area is 170 Å². The van der Waals surface area contributed by atoms with E-state index in [1.54, 1.807) is 37.2 Å². The van der Waals surface area contributed by atoms with Gasteiger partial charge in [-0.2, -0.15) is 5.10 Å². The second kappa shape index (κ2) is 8.11. The smallest absolute Gasteiger partial charge is 0.275 e. The highest BCUT2D eigenvalue weighted by atomic mass is 32.1. The monoisotopic (exact) mass is 407 g/mol. The van der Waals surface area contributed by atoms with Crippen LogP contribution in [0.1, 0.15) is 10.5 Å². The highest BCUT2D eigenvalue weighted by molar-refractivity contribution is 7.07. The lowest BCUT2D eigenvalue weighted by atomic mass is 10.1. The number of carbonyl (C=O) groups excluding carboxylic acids is 1. The fraction of sp³-hybridized carbons (Fsp3) is 0.100. The lowest BCUT2D eigenvalue weighted by molar-refractivity contribution is 0.102. The quantitative estimate of drug-likeness (QED) is 0.503. The zero-order valence-corrected chi connectivity index (χ0v) is 16.5. The standard InChI is InChI=1S/C20H17N5O3S/c1-27-14-7-8-17(28-2)15(9-14)19-23-18(24-25-19)12-3-5-13(6-4-12)22-20(26)16-10-29-11-21-16/h3-11H,1-2H3,(H,22,26)(H,23,24,25). The highest BCUT2D eigenvalue weighted by Crippen LogP contribution is 2.32. The molecule has 0 fully saturated rings. The SMILES string of the molecule is COc1ccc(OC)c(-c2nc(-c3ccc(NC(=O)c4cscn4)cc3)n[nH]2)c1. The third kappa shape index (κ3) is 3.94. The van der Waals surface area contributed by atoms with Crippen molar-refractivity contribution in [1.29, 1.82) is 0 Å². The van der Waals surface area contributed by atoms with Crippen LogP contribution in [0.4, 0.5) is 5.69 Å². The van der Waals surface area contributed by atoms with Gasteiger partial charge in [-0.15, -0.1) is 11.3 Å². The maximum Gasteiger partial charge on any atom is 0.275 e. The fourth-order valence-corrected chi connectivity index (χ4v) is 3.26. The van der Waals surface area contributed by atoms with Gasteiger partial charge in [-0.1, -0.05) is 0 Å². The van der Waals surface area contributed by atoms with Crippen molar-refractivity contribution < 1.29 is 14.3 Å². The molecule has 0 aliphatic carbocycles. The summed E-state index contributed by atoms with van der Waals surface area (Å²) in [6.45, 7) is 0. The summed E-state index contributed by atoms with van der Waals surface area (Å²) in [4.78, 5) is 20.7. The number of rotatable bonds is 6. The Morgan fingerprint density at radius 2 is 1.93 bits per heavy atom. The molecule has 2 heterocycles. The summed E-state index contributed by atoms with van der Waals surface area (Å²) >= 11 is 1.37. The van der Waals surface area contributed by atoms with Crippen molar-refractivity contribution in [1.82, 2.24) is 20.2 Å². The molecule has 4 rings (SSSR count). The van der Waals surface area contributed by atoms with Gasteiger partial charge in [0.2, 0.25) is 0 Å². The molecule has 8 nitrogen and oxygen atoms in total. The van der Waals surface area contributed by atoms with Crippen molar-refractivity contribution in [2.45, 2.75) is 0 Å². The Bertz CT molecular complexity index is 1120. The first-order valence-corrected chi connectivity index (χ1v) is 9.57. The Hall–Kier alpha value is -3.72. The summed E-state index contributed by atoms with van der Waals surface area (Å²) in [5, 5.41) is 11.7. The molecule has 0 aliphatic rings. The van der Waals surface area contributed by atoms with Crippen LogP contribution < -0.4 is 14.8 Å². The van der Waals surface area contributed by atoms with Crippen LogP contribution >= 0.6 is 11.3 Å². The van der Waals surface area contributed by atoms with Gasteiger partial charge in [-0.3, -0.25) is 9.89 Å². The number of hydrogen-bond acceptors (Lipinski definition) is 7. The first kappa shape index (κ1) is 18.6. The zero-order chi connectivity index (χ0) is 20.2. The van der Waals surface area contributed by atoms with E-state index in [0.717, 1.165) is 11.1 Å². The second-order valence-corrected chi connectivity index (χ2v) is 6.70. The Morgan fingerprint density at radius 3 is 2.62 bits per heavy atom. The van der Waals surface area contributed by atoms with Gasteiger partial charge in [0, 0.05) is 16.6 Å². The van der Waals surface area contributed by atoms with E-state index in [1.165, 1.54) is 11.3 Å². The van der Waals surface area contributed by atoms with Crippen molar-refractivity contribution in [3.05, 3.63) is 59.0 Å². The van der Waals surface area contributed by atoms with Crippen molar-refractivity contribution in [3.8, 4) is 34.3 Å². The number of carbonyl (C=O) groups is 1. The molecule has 0 saturated heterocycles. The van der Waals surface area contributed by atoms with Crippen LogP contribution in [0.2, 0.25) is 0 Å². The molecule has 4 aromatic rings. The lowest BCUT2D eigenvalue weighted by Crippen LogP contribution is -2.11. The average molecular weight is 407 g/mol. The molecular formula is C20H17N5O3S. The van der Waals surface area contributed by atoms with E-state index in [9.17, 15) is 4.79 Å². The number of benzene rings is 2. The van der Waals surface area contributed by atoms with Gasteiger partial charge in [-0.25, -0.2) is 9.97 Å². The van der Waals surface area contributed by atoms with Crippen LogP contribution in [0, 0.1) is 0 Å². The summed E-state index contributed by atoms with van der Waals surface area (Å²) in [6.07, 6.45) is 0. The molecule has 9 heteroatoms. The molecule has 0 bridgehead atoms. The number of H-pyrrole nitrogens is 1. The summed E-state index contributed by atoms with van der Waals surface area (Å²) in [7, 11) is 3.20. The third-order valence-corrected chi connectivity index (χ3v) is 4.80. The van der Waals surface area contributed by atoms with Gasteiger partial charge in [-0.05, 0) is 42.5 Å². The molecule has 0 spiro atoms. The van der Waals surface area contributed by atoms with E-state index in [1.807, 2.05) is 30.3 Å². The predicted molar refractivity (Wildman–Crippen MR) is 110 cm³/mol. The molecule has 0 atom stereocenters. The number of aromatic amines is 1. The van der Waals surface area contributed by atoms with Crippen molar-refractivity contribution >= 4 is 22.9 Å². The summed E-state index contributed by atoms with van der Waals surface area (Å²) in [5.41, 5.74) is 4.23. The zero-order valence-electron chi connectivity index (χ0n) is 15.7. The van der Waals surface area contributed by atoms with Gasteiger partial charge in [0.05, 0.1) is 25.3 Å². The van der Waals surface area contributed by atoms with E-state index < -0.39 is 0 Å². The first-order chi connectivity index (χ1) is 14.2. The largest absolute Gasteiger partial charge is 0.497 e. The maximum atomic E-state index is 12.1. The number of anilines is 1. The average Bonchev–Trinajstić information content (AvgIpc) is 3.46. The van der Waals surface area contributed by atoms with Crippen LogP contribution in [-0.2, 0) is 0 Å². The molecule has 2 aromatic heterocycles. The third-order valence-electron chi connectivity index (χ3n) is 4.21. The molecule has 2 N–H and O–H groups in total. The summed E-state index contributed by atoms with van der Waals surface area (Å²) in [6, 6.07) is 12.7. The van der Waals surface area contributed by atoms with Crippen LogP contribution in [-0.4, -0.2) is 40.3 Å². The van der Waals surface area contributed by atoms with E-state index in [-0.39, 0.29) is 5.91 Å². The van der Waals surface area contributed by atoms with Crippen LogP contribution in [0.25, 0.3) is 22.8 Å². The Balaban J connectivity index is 1.55. The van der Waals surface area contributed by atoms with E-state index >= 15 is 0 Å². The van der Waals surface area contributed by atoms with Gasteiger partial charge in [0.15, 0.2) is 11.6 Å². The lowest BCUT2D eigenvalue weighted by Gasteiger charge is -2.07. The number of ether oxygens (including phenoxy) is 2. The molecular weight excluding hydrogens is 390 g/mol. The summed E-state index contributed by atoms with van der Waals surface area (Å²) in [5.74, 6) is 2.20. The molecule has 29 heavy (non-hydrogen) atoms. The number of amides is 1. The topological polar surface area (TPSA) is 102 Å². The molecule has 146 valence electrons. The van der Waals surface area contributed by atoms with E-state index in [2.05, 4.69) is 25.5 Å². The Kier molecular flexibility index (Phi) is 5.21. The van der Waals surface area contributed by atoms with Crippen molar-refractivity contribution in [2.75, 3.05) is 19.5 Å². The highest BCUT2D eigenvalue weighted by Gasteiger charge is 2.14. The van der Waals surface area contributed by atoms with Crippen LogP contribution in [0.3, 0.4) is 0 Å². The number of methoxy groups -OCH3 is 2. The first-order valence-electron chi connectivity index (χ1n) is 8.62. The van der Waals surface area contributed by atoms with Gasteiger partial charge >= 0.3 is 0 Å². The fourth-order valence-electron chi connectivity index (χ4n) is 2.73. The number of nitrogens with one attached hydrogen (secondary N) is 2. The van der Waals surface area contributed by atoms with E-state index in [0.29, 0.717) is 34.5 Å². The molecule has 1 amide bonds. The minimum atomic E-state index is -0.246. The van der Waals surface area contributed by atoms with Crippen molar-refractivity contribution in [3.63, 3.8) is 0 Å². The molecule has 2 aromatic carbocycles. The minimum absolute atomic E-state index is 0.246. The van der Waals surface area contributed by atoms with Gasteiger partial charge < -0.3 is 14.8 Å². The summed E-state index contributed by atoms with van der Waals surface area (Å²) < 4.78 is 10.7. The van der Waals surface area contributed by atoms with Crippen LogP contribution in [0.15, 0.2) is 53.4 Å². The number of thiazole rings is 1. The normalized spacial score (nSPS) is 10.6. The molecule has 0 saturated carbocycles. The Morgan fingerprint density at radius 1 is 1.10 bits per heavy atom. The predicted octanol–water partition coefficient (Wildman–Crippen LogP) is 3.86. The molecule has 0 radical (unpaired) electrons. The maximum absolute atomic E-state index is 12.1. The molecule has 0 aliphatic heterocycles. The number of hydrogen-bond donors (Lipinski definition) is 2. The van der Waals surface area contributed by atoms with Gasteiger partial charge in [0.25, 0.3) is 5.91 Å².